The van der Waals surface area contributed by atoms with Crippen molar-refractivity contribution >= 4 is 12.1 Å². The molecule has 1 amide bonds. The zero-order chi connectivity index (χ0) is 14.6. The smallest absolute Gasteiger partial charge is 0.407 e. The molecule has 0 aromatic rings. The first-order chi connectivity index (χ1) is 8.75. The molecule has 0 radical (unpaired) electrons. The standard InChI is InChI=1S/C14H23NO4/c1-5-19-12(16)9-10-6-7-15(13(17)18)11(8-10)14(2,3)4/h9,11H,5-8H2,1-4H3,(H,17,18)/b10-9-. The highest BCUT2D eigenvalue weighted by Gasteiger charge is 2.36. The van der Waals surface area contributed by atoms with Gasteiger partial charge in [0.15, 0.2) is 0 Å². The van der Waals surface area contributed by atoms with Crippen LogP contribution >= 0.6 is 0 Å². The molecule has 0 aromatic carbocycles. The number of esters is 1. The van der Waals surface area contributed by atoms with Gasteiger partial charge >= 0.3 is 12.1 Å². The molecule has 0 bridgehead atoms. The van der Waals surface area contributed by atoms with Crippen molar-refractivity contribution in [1.29, 1.82) is 0 Å². The Labute approximate surface area is 114 Å². The minimum atomic E-state index is -0.893. The summed E-state index contributed by atoms with van der Waals surface area (Å²) in [7, 11) is 0. The van der Waals surface area contributed by atoms with Gasteiger partial charge in [0.2, 0.25) is 0 Å². The summed E-state index contributed by atoms with van der Waals surface area (Å²) in [5.41, 5.74) is 0.808. The van der Waals surface area contributed by atoms with E-state index in [2.05, 4.69) is 0 Å². The van der Waals surface area contributed by atoms with Crippen molar-refractivity contribution in [3.05, 3.63) is 11.6 Å². The van der Waals surface area contributed by atoms with Crippen molar-refractivity contribution in [3.63, 3.8) is 0 Å². The molecular formula is C14H23NO4. The lowest BCUT2D eigenvalue weighted by atomic mass is 9.79. The molecule has 1 heterocycles. The number of amides is 1. The molecule has 1 rings (SSSR count). The van der Waals surface area contributed by atoms with Gasteiger partial charge in [0.25, 0.3) is 0 Å². The van der Waals surface area contributed by atoms with E-state index in [0.717, 1.165) is 5.57 Å². The second kappa shape index (κ2) is 6.08. The van der Waals surface area contributed by atoms with Crippen LogP contribution in [0.3, 0.4) is 0 Å². The summed E-state index contributed by atoms with van der Waals surface area (Å²) in [6.45, 7) is 8.60. The van der Waals surface area contributed by atoms with Gasteiger partial charge in [-0.25, -0.2) is 9.59 Å². The first kappa shape index (κ1) is 15.5. The van der Waals surface area contributed by atoms with Crippen LogP contribution in [0.2, 0.25) is 0 Å². The third kappa shape index (κ3) is 4.26. The Morgan fingerprint density at radius 2 is 2.11 bits per heavy atom. The molecule has 0 saturated carbocycles. The maximum atomic E-state index is 11.5. The van der Waals surface area contributed by atoms with Gasteiger partial charge in [-0.15, -0.1) is 0 Å². The average molecular weight is 269 g/mol. The van der Waals surface area contributed by atoms with Gasteiger partial charge in [-0.1, -0.05) is 26.3 Å². The van der Waals surface area contributed by atoms with Crippen LogP contribution in [0.4, 0.5) is 4.79 Å². The van der Waals surface area contributed by atoms with Crippen LogP contribution in [0.1, 0.15) is 40.5 Å². The average Bonchev–Trinajstić information content (AvgIpc) is 2.27. The Kier molecular flexibility index (Phi) is 4.97. The lowest BCUT2D eigenvalue weighted by molar-refractivity contribution is -0.137. The van der Waals surface area contributed by atoms with E-state index in [1.54, 1.807) is 6.92 Å². The number of ether oxygens (including phenoxy) is 1. The Bertz CT molecular complexity index is 381. The van der Waals surface area contributed by atoms with Crippen LogP contribution in [0, 0.1) is 5.41 Å². The highest BCUT2D eigenvalue weighted by Crippen LogP contribution is 2.34. The number of hydrogen-bond acceptors (Lipinski definition) is 3. The summed E-state index contributed by atoms with van der Waals surface area (Å²) in [6.07, 6.45) is 1.81. The fraction of sp³-hybridized carbons (Fsp3) is 0.714. The van der Waals surface area contributed by atoms with Crippen molar-refractivity contribution in [2.24, 2.45) is 5.41 Å². The molecule has 108 valence electrons. The van der Waals surface area contributed by atoms with Gasteiger partial charge in [-0.2, -0.15) is 0 Å². The van der Waals surface area contributed by atoms with E-state index in [1.165, 1.54) is 11.0 Å². The summed E-state index contributed by atoms with van der Waals surface area (Å²) in [4.78, 5) is 24.2. The molecule has 1 atom stereocenters. The van der Waals surface area contributed by atoms with Crippen molar-refractivity contribution in [2.75, 3.05) is 13.2 Å². The number of nitrogens with zero attached hydrogens (tertiary/aromatic N) is 1. The molecule has 0 spiro atoms. The van der Waals surface area contributed by atoms with Gasteiger partial charge in [-0.3, -0.25) is 0 Å². The van der Waals surface area contributed by atoms with Gasteiger partial charge in [0, 0.05) is 18.7 Å². The molecule has 0 aliphatic carbocycles. The molecule has 1 saturated heterocycles. The zero-order valence-corrected chi connectivity index (χ0v) is 12.1. The summed E-state index contributed by atoms with van der Waals surface area (Å²) in [5.74, 6) is -0.339. The number of piperidine rings is 1. The Morgan fingerprint density at radius 3 is 2.58 bits per heavy atom. The first-order valence-corrected chi connectivity index (χ1v) is 6.61. The van der Waals surface area contributed by atoms with Crippen LogP contribution in [-0.2, 0) is 9.53 Å². The number of likely N-dealkylation sites (tertiary alicyclic amines) is 1. The maximum absolute atomic E-state index is 11.5. The SMILES string of the molecule is CCOC(=O)/C=C1/CCN(C(=O)O)C(C(C)(C)C)C1. The van der Waals surface area contributed by atoms with Crippen molar-refractivity contribution in [3.8, 4) is 0 Å². The molecule has 0 aromatic heterocycles. The van der Waals surface area contributed by atoms with Crippen molar-refractivity contribution < 1.29 is 19.4 Å². The van der Waals surface area contributed by atoms with E-state index in [9.17, 15) is 14.7 Å². The monoisotopic (exact) mass is 269 g/mol. The van der Waals surface area contributed by atoms with Gasteiger partial charge in [-0.05, 0) is 25.2 Å². The topological polar surface area (TPSA) is 66.8 Å². The summed E-state index contributed by atoms with van der Waals surface area (Å²) >= 11 is 0. The molecule has 1 unspecified atom stereocenters. The highest BCUT2D eigenvalue weighted by molar-refractivity contribution is 5.82. The largest absolute Gasteiger partial charge is 0.465 e. The molecule has 19 heavy (non-hydrogen) atoms. The summed E-state index contributed by atoms with van der Waals surface area (Å²) in [6, 6.07) is -0.112. The molecular weight excluding hydrogens is 246 g/mol. The second-order valence-electron chi connectivity index (χ2n) is 5.87. The summed E-state index contributed by atoms with van der Waals surface area (Å²) in [5, 5.41) is 9.24. The summed E-state index contributed by atoms with van der Waals surface area (Å²) < 4.78 is 4.89. The van der Waals surface area contributed by atoms with Crippen LogP contribution in [0.25, 0.3) is 0 Å². The fourth-order valence-electron chi connectivity index (χ4n) is 2.36. The second-order valence-corrected chi connectivity index (χ2v) is 5.87. The molecule has 1 fully saturated rings. The number of rotatable bonds is 2. The van der Waals surface area contributed by atoms with Crippen LogP contribution in [0.5, 0.6) is 0 Å². The Morgan fingerprint density at radius 1 is 1.47 bits per heavy atom. The minimum absolute atomic E-state index is 0.112. The fourth-order valence-corrected chi connectivity index (χ4v) is 2.36. The lowest BCUT2D eigenvalue weighted by Crippen LogP contribution is -2.50. The predicted octanol–water partition coefficient (Wildman–Crippen LogP) is 2.66. The van der Waals surface area contributed by atoms with Gasteiger partial charge in [0.1, 0.15) is 0 Å². The van der Waals surface area contributed by atoms with Crippen LogP contribution in [0.15, 0.2) is 11.6 Å². The van der Waals surface area contributed by atoms with E-state index in [4.69, 9.17) is 4.74 Å². The predicted molar refractivity (Wildman–Crippen MR) is 71.9 cm³/mol. The minimum Gasteiger partial charge on any atom is -0.465 e. The Hall–Kier alpha value is -1.52. The third-order valence-electron chi connectivity index (χ3n) is 3.36. The van der Waals surface area contributed by atoms with E-state index in [0.29, 0.717) is 26.0 Å². The lowest BCUT2D eigenvalue weighted by Gasteiger charge is -2.42. The number of carbonyl (C=O) groups is 2. The first-order valence-electron chi connectivity index (χ1n) is 6.61. The van der Waals surface area contributed by atoms with Crippen LogP contribution in [-0.4, -0.2) is 41.3 Å². The quantitative estimate of drug-likeness (QED) is 0.618. The molecule has 1 aliphatic rings. The number of carbonyl (C=O) groups excluding carboxylic acids is 1. The molecule has 5 heteroatoms. The number of carboxylic acid groups (broad SMARTS) is 1. The molecule has 1 aliphatic heterocycles. The van der Waals surface area contributed by atoms with Crippen LogP contribution < -0.4 is 0 Å². The van der Waals surface area contributed by atoms with E-state index in [-0.39, 0.29) is 17.4 Å². The maximum Gasteiger partial charge on any atom is 0.407 e. The Balaban J connectivity index is 2.85. The van der Waals surface area contributed by atoms with E-state index in [1.807, 2.05) is 20.8 Å². The highest BCUT2D eigenvalue weighted by atomic mass is 16.5. The van der Waals surface area contributed by atoms with E-state index >= 15 is 0 Å². The van der Waals surface area contributed by atoms with E-state index < -0.39 is 6.09 Å². The zero-order valence-electron chi connectivity index (χ0n) is 12.1. The number of hydrogen-bond donors (Lipinski definition) is 1. The van der Waals surface area contributed by atoms with Crippen molar-refractivity contribution in [2.45, 2.75) is 46.6 Å². The van der Waals surface area contributed by atoms with Crippen molar-refractivity contribution in [1.82, 2.24) is 4.90 Å². The normalized spacial score (nSPS) is 22.4. The third-order valence-corrected chi connectivity index (χ3v) is 3.36. The van der Waals surface area contributed by atoms with Gasteiger partial charge < -0.3 is 14.7 Å². The molecule has 1 N–H and O–H groups in total. The van der Waals surface area contributed by atoms with Gasteiger partial charge in [0.05, 0.1) is 6.61 Å². The molecule has 5 nitrogen and oxygen atoms in total.